The van der Waals surface area contributed by atoms with Crippen LogP contribution in [0.25, 0.3) is 5.95 Å². The van der Waals surface area contributed by atoms with Crippen LogP contribution in [-0.2, 0) is 0 Å². The Bertz CT molecular complexity index is 599. The zero-order valence-electron chi connectivity index (χ0n) is 12.0. The molecule has 0 radical (unpaired) electrons. The number of hydrogen-bond donors (Lipinski definition) is 2. The third-order valence-electron chi connectivity index (χ3n) is 3.65. The number of hydrogen-bond acceptors (Lipinski definition) is 8. The maximum Gasteiger partial charge on any atom is 0.258 e. The molecule has 1 fully saturated rings. The first-order valence-corrected chi connectivity index (χ1v) is 6.89. The zero-order valence-corrected chi connectivity index (χ0v) is 12.0. The van der Waals surface area contributed by atoms with Gasteiger partial charge in [0.15, 0.2) is 0 Å². The second-order valence-electron chi connectivity index (χ2n) is 5.08. The van der Waals surface area contributed by atoms with Crippen LogP contribution in [0.4, 0.5) is 11.9 Å². The molecule has 1 aliphatic heterocycles. The molecule has 2 aromatic heterocycles. The van der Waals surface area contributed by atoms with Gasteiger partial charge in [0, 0.05) is 26.1 Å². The summed E-state index contributed by atoms with van der Waals surface area (Å²) in [5, 5.41) is 16.7. The Kier molecular flexibility index (Phi) is 3.65. The molecule has 21 heavy (non-hydrogen) atoms. The molecule has 0 amide bonds. The number of nitrogens with one attached hydrogen (secondary N) is 1. The van der Waals surface area contributed by atoms with Gasteiger partial charge in [0.2, 0.25) is 11.9 Å². The Balaban J connectivity index is 1.90. The Hall–Kier alpha value is -2.29. The summed E-state index contributed by atoms with van der Waals surface area (Å²) in [5.74, 6) is 1.73. The number of anilines is 2. The van der Waals surface area contributed by atoms with E-state index in [0.29, 0.717) is 17.8 Å². The van der Waals surface area contributed by atoms with Crippen molar-refractivity contribution in [3.8, 4) is 5.95 Å². The number of rotatable bonds is 4. The summed E-state index contributed by atoms with van der Waals surface area (Å²) in [5.41, 5.74) is 0. The lowest BCUT2D eigenvalue weighted by atomic mass is 10.0. The van der Waals surface area contributed by atoms with Crippen molar-refractivity contribution < 1.29 is 5.11 Å². The highest BCUT2D eigenvalue weighted by molar-refractivity contribution is 5.40. The fourth-order valence-electron chi connectivity index (χ4n) is 2.38. The maximum absolute atomic E-state index is 9.71. The molecule has 0 saturated carbocycles. The summed E-state index contributed by atoms with van der Waals surface area (Å²) in [6.07, 6.45) is 3.58. The Morgan fingerprint density at radius 3 is 2.76 bits per heavy atom. The van der Waals surface area contributed by atoms with Gasteiger partial charge in [-0.15, -0.1) is 0 Å². The first-order valence-electron chi connectivity index (χ1n) is 6.89. The van der Waals surface area contributed by atoms with Gasteiger partial charge < -0.3 is 15.3 Å². The minimum atomic E-state index is -0.324. The highest BCUT2D eigenvalue weighted by Gasteiger charge is 2.28. The highest BCUT2D eigenvalue weighted by atomic mass is 16.3. The van der Waals surface area contributed by atoms with E-state index in [-0.39, 0.29) is 12.0 Å². The van der Waals surface area contributed by atoms with Gasteiger partial charge in [-0.1, -0.05) is 0 Å². The molecule has 2 N–H and O–H groups in total. The molecule has 2 atom stereocenters. The van der Waals surface area contributed by atoms with E-state index in [9.17, 15) is 5.11 Å². The molecule has 0 aromatic carbocycles. The number of aliphatic hydroxyl groups excluding tert-OH is 1. The lowest BCUT2D eigenvalue weighted by molar-refractivity contribution is 0.136. The van der Waals surface area contributed by atoms with Gasteiger partial charge in [0.1, 0.15) is 12.7 Å². The van der Waals surface area contributed by atoms with E-state index < -0.39 is 0 Å². The van der Waals surface area contributed by atoms with Crippen LogP contribution in [0.2, 0.25) is 0 Å². The molecule has 0 aliphatic carbocycles. The topological polar surface area (TPSA) is 105 Å². The minimum Gasteiger partial charge on any atom is -0.393 e. The predicted octanol–water partition coefficient (Wildman–Crippen LogP) is -0.299. The Morgan fingerprint density at radius 1 is 1.33 bits per heavy atom. The second-order valence-corrected chi connectivity index (χ2v) is 5.08. The van der Waals surface area contributed by atoms with Crippen LogP contribution in [0.15, 0.2) is 12.7 Å². The summed E-state index contributed by atoms with van der Waals surface area (Å²) in [6, 6.07) is 0. The fourth-order valence-corrected chi connectivity index (χ4v) is 2.38. The third kappa shape index (κ3) is 2.77. The number of nitrogens with zero attached hydrogens (tertiary/aromatic N) is 7. The largest absolute Gasteiger partial charge is 0.393 e. The predicted molar refractivity (Wildman–Crippen MR) is 76.3 cm³/mol. The van der Waals surface area contributed by atoms with Crippen LogP contribution in [-0.4, -0.2) is 61.1 Å². The van der Waals surface area contributed by atoms with Gasteiger partial charge in [-0.25, -0.2) is 4.98 Å². The summed E-state index contributed by atoms with van der Waals surface area (Å²) >= 11 is 0. The summed E-state index contributed by atoms with van der Waals surface area (Å²) in [7, 11) is 1.76. The van der Waals surface area contributed by atoms with E-state index in [1.54, 1.807) is 13.4 Å². The van der Waals surface area contributed by atoms with E-state index in [4.69, 9.17) is 0 Å². The van der Waals surface area contributed by atoms with Crippen molar-refractivity contribution in [2.45, 2.75) is 19.4 Å². The maximum atomic E-state index is 9.71. The average Bonchev–Trinajstić information content (AvgIpc) is 3.18. The molecule has 1 saturated heterocycles. The van der Waals surface area contributed by atoms with Crippen molar-refractivity contribution in [1.29, 1.82) is 0 Å². The van der Waals surface area contributed by atoms with Crippen molar-refractivity contribution in [3.63, 3.8) is 0 Å². The van der Waals surface area contributed by atoms with Crippen LogP contribution < -0.4 is 10.2 Å². The van der Waals surface area contributed by atoms with Crippen LogP contribution in [0.1, 0.15) is 13.3 Å². The molecule has 3 heterocycles. The quantitative estimate of drug-likeness (QED) is 0.791. The minimum absolute atomic E-state index is 0.245. The van der Waals surface area contributed by atoms with Crippen LogP contribution >= 0.6 is 0 Å². The van der Waals surface area contributed by atoms with E-state index in [2.05, 4.69) is 35.3 Å². The number of aliphatic hydroxyl groups is 1. The van der Waals surface area contributed by atoms with E-state index in [1.807, 2.05) is 6.92 Å². The standard InChI is InChI=1S/C12H18N8O/c1-8(21)9-3-4-19(5-9)11-16-10(13-2)17-12(18-11)20-7-14-6-15-20/h6-9,21H,3-5H2,1-2H3,(H,13,16,17,18). The molecule has 9 heteroatoms. The van der Waals surface area contributed by atoms with Crippen LogP contribution in [0.5, 0.6) is 0 Å². The smallest absolute Gasteiger partial charge is 0.258 e. The van der Waals surface area contributed by atoms with Crippen molar-refractivity contribution in [1.82, 2.24) is 29.7 Å². The first-order chi connectivity index (χ1) is 10.2. The van der Waals surface area contributed by atoms with Crippen molar-refractivity contribution in [3.05, 3.63) is 12.7 Å². The molecule has 9 nitrogen and oxygen atoms in total. The van der Waals surface area contributed by atoms with Gasteiger partial charge in [0.05, 0.1) is 6.10 Å². The van der Waals surface area contributed by atoms with Gasteiger partial charge in [0.25, 0.3) is 5.95 Å². The first kappa shape index (κ1) is 13.7. The molecule has 2 aromatic rings. The van der Waals surface area contributed by atoms with Gasteiger partial charge in [-0.3, -0.25) is 0 Å². The molecule has 1 aliphatic rings. The second kappa shape index (κ2) is 5.60. The summed E-state index contributed by atoms with van der Waals surface area (Å²) in [4.78, 5) is 19.1. The lowest BCUT2D eigenvalue weighted by Crippen LogP contribution is -2.26. The SMILES string of the molecule is CNc1nc(N2CCC(C(C)O)C2)nc(-n2cncn2)n1. The van der Waals surface area contributed by atoms with Crippen molar-refractivity contribution in [2.24, 2.45) is 5.92 Å². The highest BCUT2D eigenvalue weighted by Crippen LogP contribution is 2.24. The van der Waals surface area contributed by atoms with E-state index in [1.165, 1.54) is 11.0 Å². The van der Waals surface area contributed by atoms with Crippen molar-refractivity contribution in [2.75, 3.05) is 30.4 Å². The van der Waals surface area contributed by atoms with Crippen molar-refractivity contribution >= 4 is 11.9 Å². The van der Waals surface area contributed by atoms with Gasteiger partial charge in [-0.2, -0.15) is 24.7 Å². The molecule has 3 rings (SSSR count). The van der Waals surface area contributed by atoms with E-state index in [0.717, 1.165) is 19.5 Å². The Labute approximate surface area is 122 Å². The fraction of sp³-hybridized carbons (Fsp3) is 0.583. The normalized spacial score (nSPS) is 19.8. The van der Waals surface area contributed by atoms with E-state index >= 15 is 0 Å². The monoisotopic (exact) mass is 290 g/mol. The number of aromatic nitrogens is 6. The molecule has 2 unspecified atom stereocenters. The van der Waals surface area contributed by atoms with Gasteiger partial charge in [-0.05, 0) is 13.3 Å². The summed E-state index contributed by atoms with van der Waals surface area (Å²) < 4.78 is 1.49. The molecule has 0 spiro atoms. The Morgan fingerprint density at radius 2 is 2.14 bits per heavy atom. The molecular weight excluding hydrogens is 272 g/mol. The summed E-state index contributed by atoms with van der Waals surface area (Å²) in [6.45, 7) is 3.38. The molecule has 112 valence electrons. The zero-order chi connectivity index (χ0) is 14.8. The third-order valence-corrected chi connectivity index (χ3v) is 3.65. The van der Waals surface area contributed by atoms with Crippen LogP contribution in [0.3, 0.4) is 0 Å². The average molecular weight is 290 g/mol. The van der Waals surface area contributed by atoms with Crippen LogP contribution in [0, 0.1) is 5.92 Å². The lowest BCUT2D eigenvalue weighted by Gasteiger charge is -2.18. The molecular formula is C12H18N8O. The van der Waals surface area contributed by atoms with Gasteiger partial charge >= 0.3 is 0 Å². The molecule has 0 bridgehead atoms.